The van der Waals surface area contributed by atoms with Crippen LogP contribution in [0.1, 0.15) is 46.7 Å². The van der Waals surface area contributed by atoms with Gasteiger partial charge in [0.05, 0.1) is 5.01 Å². The van der Waals surface area contributed by atoms with E-state index in [-0.39, 0.29) is 5.91 Å². The number of nitrogens with zero attached hydrogens (tertiary/aromatic N) is 2. The molecule has 110 valence electrons. The van der Waals surface area contributed by atoms with E-state index < -0.39 is 0 Å². The SMILES string of the molecule is O=C(c1csc(Cc2ccccc2)n1)N1CCCCCC1. The van der Waals surface area contributed by atoms with Gasteiger partial charge in [0.1, 0.15) is 5.69 Å². The summed E-state index contributed by atoms with van der Waals surface area (Å²) in [6, 6.07) is 10.3. The minimum absolute atomic E-state index is 0.104. The molecule has 1 fully saturated rings. The van der Waals surface area contributed by atoms with Gasteiger partial charge in [-0.15, -0.1) is 11.3 Å². The van der Waals surface area contributed by atoms with Crippen molar-refractivity contribution in [2.24, 2.45) is 0 Å². The first-order valence-corrected chi connectivity index (χ1v) is 8.48. The molecule has 1 aromatic heterocycles. The maximum absolute atomic E-state index is 12.5. The summed E-state index contributed by atoms with van der Waals surface area (Å²) in [7, 11) is 0. The Labute approximate surface area is 129 Å². The highest BCUT2D eigenvalue weighted by molar-refractivity contribution is 7.09. The first-order valence-electron chi connectivity index (χ1n) is 7.60. The zero-order chi connectivity index (χ0) is 14.5. The van der Waals surface area contributed by atoms with E-state index in [1.807, 2.05) is 28.5 Å². The lowest BCUT2D eigenvalue weighted by molar-refractivity contribution is 0.0756. The molecule has 0 spiro atoms. The van der Waals surface area contributed by atoms with Crippen LogP contribution in [-0.2, 0) is 6.42 Å². The fourth-order valence-corrected chi connectivity index (χ4v) is 3.50. The molecule has 21 heavy (non-hydrogen) atoms. The largest absolute Gasteiger partial charge is 0.337 e. The summed E-state index contributed by atoms with van der Waals surface area (Å²) < 4.78 is 0. The second-order valence-corrected chi connectivity index (χ2v) is 6.44. The van der Waals surface area contributed by atoms with Gasteiger partial charge in [-0.05, 0) is 18.4 Å². The summed E-state index contributed by atoms with van der Waals surface area (Å²) in [5.41, 5.74) is 1.86. The molecule has 1 amide bonds. The zero-order valence-corrected chi connectivity index (χ0v) is 12.9. The standard InChI is InChI=1S/C17H20N2OS/c20-17(19-10-6-1-2-7-11-19)15-13-21-16(18-15)12-14-8-4-3-5-9-14/h3-5,8-9,13H,1-2,6-7,10-12H2. The normalized spacial score (nSPS) is 15.7. The van der Waals surface area contributed by atoms with Gasteiger partial charge in [0.15, 0.2) is 0 Å². The number of hydrogen-bond donors (Lipinski definition) is 0. The van der Waals surface area contributed by atoms with E-state index >= 15 is 0 Å². The third-order valence-corrected chi connectivity index (χ3v) is 4.71. The van der Waals surface area contributed by atoms with Crippen LogP contribution in [0.3, 0.4) is 0 Å². The van der Waals surface area contributed by atoms with Crippen molar-refractivity contribution in [2.45, 2.75) is 32.1 Å². The number of aromatic nitrogens is 1. The van der Waals surface area contributed by atoms with Crippen molar-refractivity contribution in [2.75, 3.05) is 13.1 Å². The fraction of sp³-hybridized carbons (Fsp3) is 0.412. The van der Waals surface area contributed by atoms with Crippen molar-refractivity contribution in [3.8, 4) is 0 Å². The zero-order valence-electron chi connectivity index (χ0n) is 12.1. The first kappa shape index (κ1) is 14.3. The number of benzene rings is 1. The van der Waals surface area contributed by atoms with Crippen LogP contribution in [0.2, 0.25) is 0 Å². The van der Waals surface area contributed by atoms with E-state index in [2.05, 4.69) is 17.1 Å². The van der Waals surface area contributed by atoms with Gasteiger partial charge in [0, 0.05) is 24.9 Å². The molecule has 0 radical (unpaired) electrons. The van der Waals surface area contributed by atoms with E-state index in [0.717, 1.165) is 37.4 Å². The molecular formula is C17H20N2OS. The van der Waals surface area contributed by atoms with E-state index in [4.69, 9.17) is 0 Å². The second-order valence-electron chi connectivity index (χ2n) is 5.50. The number of thiazole rings is 1. The Bertz CT molecular complexity index is 586. The van der Waals surface area contributed by atoms with Crippen molar-refractivity contribution >= 4 is 17.2 Å². The number of carbonyl (C=O) groups is 1. The maximum Gasteiger partial charge on any atom is 0.273 e. The van der Waals surface area contributed by atoms with E-state index in [1.54, 1.807) is 11.3 Å². The van der Waals surface area contributed by atoms with Crippen LogP contribution < -0.4 is 0 Å². The maximum atomic E-state index is 12.5. The smallest absolute Gasteiger partial charge is 0.273 e. The Morgan fingerprint density at radius 3 is 2.52 bits per heavy atom. The number of hydrogen-bond acceptors (Lipinski definition) is 3. The predicted molar refractivity (Wildman–Crippen MR) is 85.7 cm³/mol. The first-order chi connectivity index (χ1) is 10.3. The van der Waals surface area contributed by atoms with Crippen molar-refractivity contribution < 1.29 is 4.79 Å². The van der Waals surface area contributed by atoms with Crippen molar-refractivity contribution in [3.63, 3.8) is 0 Å². The summed E-state index contributed by atoms with van der Waals surface area (Å²) in [6.07, 6.45) is 5.51. The number of likely N-dealkylation sites (tertiary alicyclic amines) is 1. The molecule has 1 saturated heterocycles. The summed E-state index contributed by atoms with van der Waals surface area (Å²) in [5, 5.41) is 2.92. The Kier molecular flexibility index (Phi) is 4.65. The highest BCUT2D eigenvalue weighted by Crippen LogP contribution is 2.18. The van der Waals surface area contributed by atoms with Gasteiger partial charge in [0.2, 0.25) is 0 Å². The molecule has 0 N–H and O–H groups in total. The topological polar surface area (TPSA) is 33.2 Å². The van der Waals surface area contributed by atoms with Crippen molar-refractivity contribution in [1.29, 1.82) is 0 Å². The van der Waals surface area contributed by atoms with Crippen LogP contribution in [0.4, 0.5) is 0 Å². The van der Waals surface area contributed by atoms with Crippen LogP contribution in [0, 0.1) is 0 Å². The monoisotopic (exact) mass is 300 g/mol. The molecule has 0 saturated carbocycles. The van der Waals surface area contributed by atoms with E-state index in [0.29, 0.717) is 5.69 Å². The number of carbonyl (C=O) groups excluding carboxylic acids is 1. The van der Waals surface area contributed by atoms with Crippen molar-refractivity contribution in [3.05, 3.63) is 52.0 Å². The van der Waals surface area contributed by atoms with E-state index in [1.165, 1.54) is 18.4 Å². The van der Waals surface area contributed by atoms with Crippen molar-refractivity contribution in [1.82, 2.24) is 9.88 Å². The van der Waals surface area contributed by atoms with Gasteiger partial charge in [-0.25, -0.2) is 4.98 Å². The Morgan fingerprint density at radius 2 is 1.81 bits per heavy atom. The molecule has 0 atom stereocenters. The minimum Gasteiger partial charge on any atom is -0.337 e. The molecule has 3 nitrogen and oxygen atoms in total. The molecule has 1 aliphatic rings. The van der Waals surface area contributed by atoms with Gasteiger partial charge in [-0.3, -0.25) is 4.79 Å². The Balaban J connectivity index is 1.67. The molecule has 2 heterocycles. The quantitative estimate of drug-likeness (QED) is 0.865. The second kappa shape index (κ2) is 6.85. The van der Waals surface area contributed by atoms with Gasteiger partial charge >= 0.3 is 0 Å². The number of rotatable bonds is 3. The molecule has 0 bridgehead atoms. The summed E-state index contributed by atoms with van der Waals surface area (Å²) >= 11 is 1.58. The van der Waals surface area contributed by atoms with Crippen LogP contribution in [-0.4, -0.2) is 28.9 Å². The predicted octanol–water partition coefficient (Wildman–Crippen LogP) is 3.75. The molecule has 2 aromatic rings. The fourth-order valence-electron chi connectivity index (χ4n) is 2.70. The molecule has 0 aliphatic carbocycles. The number of amides is 1. The lowest BCUT2D eigenvalue weighted by Crippen LogP contribution is -2.32. The molecule has 4 heteroatoms. The van der Waals surface area contributed by atoms with Crippen LogP contribution in [0.15, 0.2) is 35.7 Å². The lowest BCUT2D eigenvalue weighted by atomic mass is 10.2. The van der Waals surface area contributed by atoms with Gasteiger partial charge in [-0.1, -0.05) is 43.2 Å². The third kappa shape index (κ3) is 3.70. The Morgan fingerprint density at radius 1 is 1.10 bits per heavy atom. The molecular weight excluding hydrogens is 280 g/mol. The summed E-state index contributed by atoms with van der Waals surface area (Å²) in [5.74, 6) is 0.104. The Hall–Kier alpha value is -1.68. The molecule has 1 aromatic carbocycles. The summed E-state index contributed by atoms with van der Waals surface area (Å²) in [4.78, 5) is 19.0. The third-order valence-electron chi connectivity index (χ3n) is 3.86. The van der Waals surface area contributed by atoms with Gasteiger partial charge in [0.25, 0.3) is 5.91 Å². The highest BCUT2D eigenvalue weighted by Gasteiger charge is 2.19. The van der Waals surface area contributed by atoms with Gasteiger partial charge in [-0.2, -0.15) is 0 Å². The molecule has 3 rings (SSSR count). The van der Waals surface area contributed by atoms with E-state index in [9.17, 15) is 4.79 Å². The van der Waals surface area contributed by atoms with Crippen LogP contribution >= 0.6 is 11.3 Å². The highest BCUT2D eigenvalue weighted by atomic mass is 32.1. The average molecular weight is 300 g/mol. The minimum atomic E-state index is 0.104. The molecule has 0 unspecified atom stereocenters. The lowest BCUT2D eigenvalue weighted by Gasteiger charge is -2.18. The average Bonchev–Trinajstić information content (AvgIpc) is 2.81. The van der Waals surface area contributed by atoms with Gasteiger partial charge < -0.3 is 4.90 Å². The summed E-state index contributed by atoms with van der Waals surface area (Å²) in [6.45, 7) is 1.76. The van der Waals surface area contributed by atoms with Crippen LogP contribution in [0.25, 0.3) is 0 Å². The molecule has 1 aliphatic heterocycles. The van der Waals surface area contributed by atoms with Crippen LogP contribution in [0.5, 0.6) is 0 Å².